The molecule has 0 aliphatic carbocycles. The lowest BCUT2D eigenvalue weighted by atomic mass is 10.2. The molecule has 0 fully saturated rings. The van der Waals surface area contributed by atoms with Gasteiger partial charge >= 0.3 is 5.97 Å². The van der Waals surface area contributed by atoms with Crippen molar-refractivity contribution >= 4 is 23.6 Å². The molecule has 1 aromatic carbocycles. The van der Waals surface area contributed by atoms with Crippen LogP contribution in [0, 0.1) is 0 Å². The molecule has 0 aliphatic rings. The molecule has 2 rings (SSSR count). The Morgan fingerprint density at radius 3 is 2.62 bits per heavy atom. The second-order valence-electron chi connectivity index (χ2n) is 4.33. The van der Waals surface area contributed by atoms with Gasteiger partial charge in [-0.1, -0.05) is 12.1 Å². The van der Waals surface area contributed by atoms with Gasteiger partial charge in [0.25, 0.3) is 5.91 Å². The molecular weight excluding hydrogens is 270 g/mol. The van der Waals surface area contributed by atoms with Crippen LogP contribution < -0.4 is 5.32 Å². The number of aliphatic carboxylic acids is 1. The van der Waals surface area contributed by atoms with Gasteiger partial charge in [-0.05, 0) is 30.7 Å². The number of anilines is 1. The van der Waals surface area contributed by atoms with Gasteiger partial charge in [-0.3, -0.25) is 9.48 Å². The lowest BCUT2D eigenvalue weighted by Gasteiger charge is -2.03. The number of rotatable bonds is 5. The van der Waals surface area contributed by atoms with Gasteiger partial charge in [-0.25, -0.2) is 4.79 Å². The summed E-state index contributed by atoms with van der Waals surface area (Å²) in [5.41, 5.74) is 1.87. The number of aryl methyl sites for hydroxylation is 1. The van der Waals surface area contributed by atoms with E-state index >= 15 is 0 Å². The second kappa shape index (κ2) is 6.51. The number of nitrogens with one attached hydrogen (secondary N) is 1. The third kappa shape index (κ3) is 4.04. The molecule has 0 aliphatic heterocycles. The predicted molar refractivity (Wildman–Crippen MR) is 79.0 cm³/mol. The van der Waals surface area contributed by atoms with Crippen LogP contribution in [0.4, 0.5) is 5.69 Å². The van der Waals surface area contributed by atoms with Crippen LogP contribution in [0.15, 0.2) is 42.7 Å². The quantitative estimate of drug-likeness (QED) is 0.825. The number of carboxylic acid groups (broad SMARTS) is 1. The fraction of sp³-hybridized carbons (Fsp3) is 0.133. The number of hydrogen-bond donors (Lipinski definition) is 2. The van der Waals surface area contributed by atoms with Crippen molar-refractivity contribution in [2.24, 2.45) is 0 Å². The standard InChI is InChI=1S/C15H15N3O3/c1-2-18-10-12(9-16-18)15(21)17-13-6-3-11(4-7-13)5-8-14(19)20/h3-10H,2H2,1H3,(H,17,21)(H,19,20). The van der Waals surface area contributed by atoms with Crippen molar-refractivity contribution in [2.45, 2.75) is 13.5 Å². The highest BCUT2D eigenvalue weighted by molar-refractivity contribution is 6.03. The Hall–Kier alpha value is -2.89. The summed E-state index contributed by atoms with van der Waals surface area (Å²) in [4.78, 5) is 22.4. The van der Waals surface area contributed by atoms with Crippen LogP contribution in [-0.2, 0) is 11.3 Å². The molecule has 1 heterocycles. The maximum atomic E-state index is 12.0. The molecule has 0 unspecified atom stereocenters. The molecule has 0 radical (unpaired) electrons. The highest BCUT2D eigenvalue weighted by atomic mass is 16.4. The molecule has 21 heavy (non-hydrogen) atoms. The molecule has 2 aromatic rings. The summed E-state index contributed by atoms with van der Waals surface area (Å²) in [6.07, 6.45) is 5.74. The minimum atomic E-state index is -1.000. The van der Waals surface area contributed by atoms with Gasteiger partial charge < -0.3 is 10.4 Å². The summed E-state index contributed by atoms with van der Waals surface area (Å²) in [6, 6.07) is 6.88. The lowest BCUT2D eigenvalue weighted by Crippen LogP contribution is -2.11. The van der Waals surface area contributed by atoms with Gasteiger partial charge in [-0.2, -0.15) is 5.10 Å². The molecule has 0 atom stereocenters. The van der Waals surface area contributed by atoms with Crippen molar-refractivity contribution in [1.29, 1.82) is 0 Å². The molecule has 108 valence electrons. The largest absolute Gasteiger partial charge is 0.478 e. The predicted octanol–water partition coefficient (Wildman–Crippen LogP) is 2.25. The van der Waals surface area contributed by atoms with E-state index < -0.39 is 5.97 Å². The Morgan fingerprint density at radius 2 is 2.05 bits per heavy atom. The maximum absolute atomic E-state index is 12.0. The lowest BCUT2D eigenvalue weighted by molar-refractivity contribution is -0.131. The number of nitrogens with zero attached hydrogens (tertiary/aromatic N) is 2. The van der Waals surface area contributed by atoms with Crippen LogP contribution >= 0.6 is 0 Å². The Balaban J connectivity index is 2.02. The van der Waals surface area contributed by atoms with E-state index in [1.165, 1.54) is 12.3 Å². The average molecular weight is 285 g/mol. The SMILES string of the molecule is CCn1cc(C(=O)Nc2ccc(C=CC(=O)O)cc2)cn1. The van der Waals surface area contributed by atoms with Crippen molar-refractivity contribution in [1.82, 2.24) is 9.78 Å². The minimum absolute atomic E-state index is 0.233. The van der Waals surface area contributed by atoms with Crippen molar-refractivity contribution in [3.8, 4) is 0 Å². The van der Waals surface area contributed by atoms with Gasteiger partial charge in [0.1, 0.15) is 0 Å². The van der Waals surface area contributed by atoms with Gasteiger partial charge in [0, 0.05) is 24.5 Å². The summed E-state index contributed by atoms with van der Waals surface area (Å²) in [7, 11) is 0. The Labute approximate surface area is 121 Å². The zero-order chi connectivity index (χ0) is 15.2. The normalized spacial score (nSPS) is 10.7. The molecule has 0 saturated carbocycles. The smallest absolute Gasteiger partial charge is 0.328 e. The maximum Gasteiger partial charge on any atom is 0.328 e. The average Bonchev–Trinajstić information content (AvgIpc) is 2.95. The van der Waals surface area contributed by atoms with E-state index in [1.54, 1.807) is 35.1 Å². The van der Waals surface area contributed by atoms with Gasteiger partial charge in [0.05, 0.1) is 11.8 Å². The first-order valence-electron chi connectivity index (χ1n) is 6.43. The molecule has 2 N–H and O–H groups in total. The molecule has 6 nitrogen and oxygen atoms in total. The zero-order valence-corrected chi connectivity index (χ0v) is 11.5. The summed E-state index contributed by atoms with van der Waals surface area (Å²) >= 11 is 0. The Kier molecular flexibility index (Phi) is 4.50. The number of carbonyl (C=O) groups is 2. The van der Waals surface area contributed by atoms with E-state index in [9.17, 15) is 9.59 Å². The molecule has 1 amide bonds. The van der Waals surface area contributed by atoms with Crippen molar-refractivity contribution < 1.29 is 14.7 Å². The number of amides is 1. The first kappa shape index (κ1) is 14.5. The van der Waals surface area contributed by atoms with Crippen molar-refractivity contribution in [3.05, 3.63) is 53.9 Å². The van der Waals surface area contributed by atoms with E-state index in [2.05, 4.69) is 10.4 Å². The molecule has 0 saturated heterocycles. The fourth-order valence-electron chi connectivity index (χ4n) is 1.70. The third-order valence-corrected chi connectivity index (χ3v) is 2.81. The van der Waals surface area contributed by atoms with Crippen LogP contribution in [0.5, 0.6) is 0 Å². The Bertz CT molecular complexity index is 672. The minimum Gasteiger partial charge on any atom is -0.478 e. The first-order valence-corrected chi connectivity index (χ1v) is 6.43. The number of benzene rings is 1. The molecule has 1 aromatic heterocycles. The molecule has 6 heteroatoms. The first-order chi connectivity index (χ1) is 10.1. The van der Waals surface area contributed by atoms with E-state index in [1.807, 2.05) is 6.92 Å². The topological polar surface area (TPSA) is 84.2 Å². The highest BCUT2D eigenvalue weighted by Gasteiger charge is 2.08. The summed E-state index contributed by atoms with van der Waals surface area (Å²) < 4.78 is 1.68. The number of hydrogen-bond acceptors (Lipinski definition) is 3. The Morgan fingerprint density at radius 1 is 1.33 bits per heavy atom. The number of aromatic nitrogens is 2. The fourth-order valence-corrected chi connectivity index (χ4v) is 1.70. The van der Waals surface area contributed by atoms with Gasteiger partial charge in [-0.15, -0.1) is 0 Å². The van der Waals surface area contributed by atoms with E-state index in [4.69, 9.17) is 5.11 Å². The van der Waals surface area contributed by atoms with Crippen LogP contribution in [0.2, 0.25) is 0 Å². The van der Waals surface area contributed by atoms with E-state index in [0.29, 0.717) is 17.8 Å². The van der Waals surface area contributed by atoms with Crippen molar-refractivity contribution in [2.75, 3.05) is 5.32 Å². The van der Waals surface area contributed by atoms with Crippen LogP contribution in [-0.4, -0.2) is 26.8 Å². The highest BCUT2D eigenvalue weighted by Crippen LogP contribution is 2.12. The summed E-state index contributed by atoms with van der Waals surface area (Å²) in [6.45, 7) is 2.65. The molecule has 0 spiro atoms. The van der Waals surface area contributed by atoms with Crippen LogP contribution in [0.25, 0.3) is 6.08 Å². The zero-order valence-electron chi connectivity index (χ0n) is 11.5. The monoisotopic (exact) mass is 285 g/mol. The summed E-state index contributed by atoms with van der Waals surface area (Å²) in [5.74, 6) is -1.23. The van der Waals surface area contributed by atoms with Crippen LogP contribution in [0.1, 0.15) is 22.8 Å². The number of carbonyl (C=O) groups excluding carboxylic acids is 1. The third-order valence-electron chi connectivity index (χ3n) is 2.81. The van der Waals surface area contributed by atoms with Crippen molar-refractivity contribution in [3.63, 3.8) is 0 Å². The molecule has 0 bridgehead atoms. The molecular formula is C15H15N3O3. The number of carboxylic acids is 1. The summed E-state index contributed by atoms with van der Waals surface area (Å²) in [5, 5.41) is 15.3. The van der Waals surface area contributed by atoms with Gasteiger partial charge in [0.15, 0.2) is 0 Å². The van der Waals surface area contributed by atoms with Crippen LogP contribution in [0.3, 0.4) is 0 Å². The second-order valence-corrected chi connectivity index (χ2v) is 4.33. The van der Waals surface area contributed by atoms with Gasteiger partial charge in [0.2, 0.25) is 0 Å². The van der Waals surface area contributed by atoms with E-state index in [0.717, 1.165) is 11.6 Å². The van der Waals surface area contributed by atoms with E-state index in [-0.39, 0.29) is 5.91 Å².